The predicted molar refractivity (Wildman–Crippen MR) is 117 cm³/mol. The van der Waals surface area contributed by atoms with Crippen LogP contribution in [-0.2, 0) is 0 Å². The van der Waals surface area contributed by atoms with Gasteiger partial charge in [0, 0.05) is 24.2 Å². The third-order valence-electron chi connectivity index (χ3n) is 6.04. The predicted octanol–water partition coefficient (Wildman–Crippen LogP) is 5.24. The molecule has 3 heterocycles. The van der Waals surface area contributed by atoms with Crippen LogP contribution in [0.3, 0.4) is 0 Å². The molecule has 2 aromatic rings. The highest BCUT2D eigenvalue weighted by molar-refractivity contribution is 7.08. The van der Waals surface area contributed by atoms with E-state index in [0.717, 1.165) is 24.9 Å². The summed E-state index contributed by atoms with van der Waals surface area (Å²) in [4.78, 5) is 14.4. The minimum absolute atomic E-state index is 0.367. The Morgan fingerprint density at radius 3 is 2.46 bits per heavy atom. The van der Waals surface area contributed by atoms with Crippen LogP contribution < -0.4 is 5.73 Å². The van der Waals surface area contributed by atoms with Crippen molar-refractivity contribution in [2.45, 2.75) is 51.6 Å². The van der Waals surface area contributed by atoms with E-state index in [-0.39, 0.29) is 5.91 Å². The summed E-state index contributed by atoms with van der Waals surface area (Å²) in [6.07, 6.45) is 7.14. The monoisotopic (exact) mass is 392 g/mol. The maximum atomic E-state index is 11.7. The summed E-state index contributed by atoms with van der Waals surface area (Å²) >= 11 is 1.72. The zero-order valence-electron chi connectivity index (χ0n) is 16.7. The van der Waals surface area contributed by atoms with E-state index in [9.17, 15) is 4.79 Å². The number of rotatable bonds is 5. The van der Waals surface area contributed by atoms with Crippen molar-refractivity contribution >= 4 is 22.8 Å². The molecule has 4 heteroatoms. The van der Waals surface area contributed by atoms with Crippen LogP contribution in [0.5, 0.6) is 0 Å². The Balaban J connectivity index is 1.72. The van der Waals surface area contributed by atoms with Crippen LogP contribution in [-0.4, -0.2) is 29.4 Å². The average molecular weight is 393 g/mol. The van der Waals surface area contributed by atoms with Crippen molar-refractivity contribution in [3.63, 3.8) is 0 Å². The Kier molecular flexibility index (Phi) is 5.51. The molecule has 1 aromatic heterocycles. The lowest BCUT2D eigenvalue weighted by molar-refractivity contribution is 0.1000. The van der Waals surface area contributed by atoms with Gasteiger partial charge in [-0.3, -0.25) is 9.69 Å². The molecule has 2 saturated heterocycles. The van der Waals surface area contributed by atoms with Crippen LogP contribution in [0, 0.1) is 0 Å². The minimum Gasteiger partial charge on any atom is -0.366 e. The molecule has 2 fully saturated rings. The number of nitrogens with two attached hydrogens (primary N) is 1. The Labute approximate surface area is 171 Å². The van der Waals surface area contributed by atoms with Gasteiger partial charge in [0.1, 0.15) is 0 Å². The molecule has 2 aliphatic heterocycles. The van der Waals surface area contributed by atoms with Gasteiger partial charge in [-0.25, -0.2) is 0 Å². The van der Waals surface area contributed by atoms with Crippen LogP contribution in [0.25, 0.3) is 5.57 Å². The standard InChI is InChI=1S/C24H28N2OS/c1-16(2)8-10-26-21-6-7-22(26)14-20(13-21)23(19-9-11-28-15-19)17-4-3-5-18(12-17)24(25)27/h3-5,8-9,11-12,15,21-22H,6-7,10,13-14H2,1-2H3,(H2,25,27). The number of thiophene rings is 1. The van der Waals surface area contributed by atoms with Crippen LogP contribution in [0.2, 0.25) is 0 Å². The number of hydrogen-bond donors (Lipinski definition) is 1. The maximum Gasteiger partial charge on any atom is 0.248 e. The molecule has 3 nitrogen and oxygen atoms in total. The van der Waals surface area contributed by atoms with E-state index < -0.39 is 0 Å². The number of carbonyl (C=O) groups excluding carboxylic acids is 1. The van der Waals surface area contributed by atoms with Gasteiger partial charge in [-0.1, -0.05) is 29.4 Å². The molecular formula is C24H28N2OS. The van der Waals surface area contributed by atoms with E-state index in [0.29, 0.717) is 17.6 Å². The van der Waals surface area contributed by atoms with E-state index >= 15 is 0 Å². The molecule has 2 unspecified atom stereocenters. The second-order valence-corrected chi connectivity index (χ2v) is 8.99. The number of carbonyl (C=O) groups is 1. The van der Waals surface area contributed by atoms with Crippen molar-refractivity contribution in [1.29, 1.82) is 0 Å². The lowest BCUT2D eigenvalue weighted by Gasteiger charge is -2.36. The van der Waals surface area contributed by atoms with E-state index in [1.165, 1.54) is 35.1 Å². The van der Waals surface area contributed by atoms with Crippen molar-refractivity contribution in [3.05, 3.63) is 75.0 Å². The van der Waals surface area contributed by atoms with E-state index in [2.05, 4.69) is 47.7 Å². The highest BCUT2D eigenvalue weighted by Crippen LogP contribution is 2.43. The van der Waals surface area contributed by atoms with Gasteiger partial charge in [-0.15, -0.1) is 0 Å². The molecular weight excluding hydrogens is 364 g/mol. The van der Waals surface area contributed by atoms with Crippen LogP contribution in [0.15, 0.2) is 58.3 Å². The number of nitrogens with zero attached hydrogens (tertiary/aromatic N) is 1. The topological polar surface area (TPSA) is 46.3 Å². The summed E-state index contributed by atoms with van der Waals surface area (Å²) in [5.74, 6) is -0.367. The van der Waals surface area contributed by atoms with Crippen LogP contribution in [0.4, 0.5) is 0 Å². The second kappa shape index (κ2) is 8.06. The minimum atomic E-state index is -0.367. The molecule has 0 aliphatic carbocycles. The van der Waals surface area contributed by atoms with Crippen LogP contribution in [0.1, 0.15) is 61.0 Å². The van der Waals surface area contributed by atoms with Crippen molar-refractivity contribution in [3.8, 4) is 0 Å². The maximum absolute atomic E-state index is 11.7. The van der Waals surface area contributed by atoms with Crippen molar-refractivity contribution in [2.75, 3.05) is 6.54 Å². The van der Waals surface area contributed by atoms with Crippen molar-refractivity contribution in [2.24, 2.45) is 5.73 Å². The first-order valence-corrected chi connectivity index (χ1v) is 11.0. The molecule has 0 spiro atoms. The summed E-state index contributed by atoms with van der Waals surface area (Å²) in [5.41, 5.74) is 12.7. The second-order valence-electron chi connectivity index (χ2n) is 8.21. The fraction of sp³-hybridized carbons (Fsp3) is 0.375. The largest absolute Gasteiger partial charge is 0.366 e. The summed E-state index contributed by atoms with van der Waals surface area (Å²) in [6, 6.07) is 11.3. The van der Waals surface area contributed by atoms with Crippen molar-refractivity contribution in [1.82, 2.24) is 4.90 Å². The zero-order chi connectivity index (χ0) is 19.7. The molecule has 1 aromatic carbocycles. The molecule has 0 radical (unpaired) electrons. The van der Waals surface area contributed by atoms with Crippen molar-refractivity contribution < 1.29 is 4.79 Å². The number of amides is 1. The number of hydrogen-bond acceptors (Lipinski definition) is 3. The van der Waals surface area contributed by atoms with Gasteiger partial charge in [0.15, 0.2) is 0 Å². The fourth-order valence-corrected chi connectivity index (χ4v) is 5.35. The Bertz CT molecular complexity index is 906. The van der Waals surface area contributed by atoms with E-state index in [4.69, 9.17) is 5.73 Å². The summed E-state index contributed by atoms with van der Waals surface area (Å²) in [7, 11) is 0. The van der Waals surface area contributed by atoms with E-state index in [1.807, 2.05) is 12.1 Å². The van der Waals surface area contributed by atoms with E-state index in [1.54, 1.807) is 17.4 Å². The molecule has 2 N–H and O–H groups in total. The fourth-order valence-electron chi connectivity index (χ4n) is 4.71. The summed E-state index contributed by atoms with van der Waals surface area (Å²) in [5, 5.41) is 4.35. The summed E-state index contributed by atoms with van der Waals surface area (Å²) in [6.45, 7) is 5.42. The first-order valence-electron chi connectivity index (χ1n) is 10.1. The normalized spacial score (nSPS) is 21.6. The number of allylic oxidation sites excluding steroid dienone is 1. The van der Waals surface area contributed by atoms with Gasteiger partial charge >= 0.3 is 0 Å². The highest BCUT2D eigenvalue weighted by atomic mass is 32.1. The third kappa shape index (κ3) is 3.85. The van der Waals surface area contributed by atoms with Gasteiger partial charge in [0.2, 0.25) is 5.91 Å². The molecule has 2 atom stereocenters. The SMILES string of the molecule is CC(C)=CCN1C2CCC1CC(=C(c1ccsc1)c1cccc(C(N)=O)c1)C2. The quantitative estimate of drug-likeness (QED) is 0.707. The third-order valence-corrected chi connectivity index (χ3v) is 6.73. The average Bonchev–Trinajstić information content (AvgIpc) is 3.27. The number of fused-ring (bicyclic) bond motifs is 2. The summed E-state index contributed by atoms with van der Waals surface area (Å²) < 4.78 is 0. The van der Waals surface area contributed by atoms with Gasteiger partial charge in [0.05, 0.1) is 0 Å². The molecule has 2 bridgehead atoms. The van der Waals surface area contributed by atoms with Gasteiger partial charge < -0.3 is 5.73 Å². The Morgan fingerprint density at radius 2 is 1.86 bits per heavy atom. The Hall–Kier alpha value is -2.17. The molecule has 28 heavy (non-hydrogen) atoms. The molecule has 146 valence electrons. The van der Waals surface area contributed by atoms with Crippen LogP contribution >= 0.6 is 11.3 Å². The van der Waals surface area contributed by atoms with Gasteiger partial charge in [-0.05, 0) is 85.2 Å². The Morgan fingerprint density at radius 1 is 1.14 bits per heavy atom. The first-order chi connectivity index (χ1) is 13.5. The molecule has 0 saturated carbocycles. The zero-order valence-corrected chi connectivity index (χ0v) is 17.5. The lowest BCUT2D eigenvalue weighted by atomic mass is 9.86. The lowest BCUT2D eigenvalue weighted by Crippen LogP contribution is -2.40. The smallest absolute Gasteiger partial charge is 0.248 e. The molecule has 2 aliphatic rings. The number of primary amides is 1. The number of benzene rings is 1. The number of piperidine rings is 1. The first kappa shape index (κ1) is 19.2. The van der Waals surface area contributed by atoms with Gasteiger partial charge in [0.25, 0.3) is 0 Å². The molecule has 4 rings (SSSR count). The highest BCUT2D eigenvalue weighted by Gasteiger charge is 2.38. The molecule has 1 amide bonds. The van der Waals surface area contributed by atoms with Gasteiger partial charge in [-0.2, -0.15) is 11.3 Å².